The van der Waals surface area contributed by atoms with Crippen LogP contribution >= 0.6 is 11.6 Å². The van der Waals surface area contributed by atoms with Gasteiger partial charge in [-0.25, -0.2) is 0 Å². The van der Waals surface area contributed by atoms with Gasteiger partial charge in [-0.3, -0.25) is 4.90 Å². The molecule has 0 amide bonds. The molecule has 3 rings (SSSR count). The highest BCUT2D eigenvalue weighted by molar-refractivity contribution is 6.30. The van der Waals surface area contributed by atoms with Crippen molar-refractivity contribution in [2.24, 2.45) is 0 Å². The van der Waals surface area contributed by atoms with E-state index in [-0.39, 0.29) is 0 Å². The molecule has 2 heterocycles. The summed E-state index contributed by atoms with van der Waals surface area (Å²) in [6, 6.07) is 7.61. The van der Waals surface area contributed by atoms with Crippen LogP contribution in [0.3, 0.4) is 0 Å². The summed E-state index contributed by atoms with van der Waals surface area (Å²) in [5, 5.41) is 13.8. The summed E-state index contributed by atoms with van der Waals surface area (Å²) in [5.41, 5.74) is 1.57. The van der Waals surface area contributed by atoms with Crippen molar-refractivity contribution < 1.29 is 4.52 Å². The largest absolute Gasteiger partial charge is 0.368 e. The Bertz CT molecular complexity index is 700. The fraction of sp³-hybridized carbons (Fsp3) is 0.400. The Kier molecular flexibility index (Phi) is 4.27. The zero-order valence-electron chi connectivity index (χ0n) is 12.3. The first-order chi connectivity index (χ1) is 10.7. The lowest BCUT2D eigenvalue weighted by atomic mass is 10.1. The molecule has 6 nitrogen and oxygen atoms in total. The van der Waals surface area contributed by atoms with Gasteiger partial charge in [0, 0.05) is 38.1 Å². The van der Waals surface area contributed by atoms with Gasteiger partial charge in [0.05, 0.1) is 17.8 Å². The van der Waals surface area contributed by atoms with E-state index in [2.05, 4.69) is 26.0 Å². The highest BCUT2D eigenvalue weighted by atomic mass is 35.5. The average Bonchev–Trinajstić information content (AvgIpc) is 2.93. The first kappa shape index (κ1) is 14.8. The summed E-state index contributed by atoms with van der Waals surface area (Å²) in [5.74, 6) is 1.30. The van der Waals surface area contributed by atoms with Gasteiger partial charge in [0.1, 0.15) is 6.07 Å². The number of nitriles is 1. The molecule has 1 saturated heterocycles. The van der Waals surface area contributed by atoms with Crippen molar-refractivity contribution in [2.45, 2.75) is 13.5 Å². The Balaban J connectivity index is 1.64. The summed E-state index contributed by atoms with van der Waals surface area (Å²) < 4.78 is 4.99. The van der Waals surface area contributed by atoms with E-state index >= 15 is 0 Å². The molecule has 0 aliphatic carbocycles. The van der Waals surface area contributed by atoms with Gasteiger partial charge in [0.25, 0.3) is 0 Å². The number of hydrogen-bond donors (Lipinski definition) is 0. The van der Waals surface area contributed by atoms with Crippen molar-refractivity contribution in [3.05, 3.63) is 40.5 Å². The van der Waals surface area contributed by atoms with Crippen molar-refractivity contribution >= 4 is 17.3 Å². The van der Waals surface area contributed by atoms with Crippen LogP contribution in [0.25, 0.3) is 0 Å². The molecule has 0 unspecified atom stereocenters. The second-order valence-electron chi connectivity index (χ2n) is 5.27. The fourth-order valence-electron chi connectivity index (χ4n) is 2.61. The highest BCUT2D eigenvalue weighted by Crippen LogP contribution is 2.25. The third-order valence-electron chi connectivity index (χ3n) is 3.73. The van der Waals surface area contributed by atoms with Crippen molar-refractivity contribution in [2.75, 3.05) is 31.1 Å². The van der Waals surface area contributed by atoms with Gasteiger partial charge < -0.3 is 9.42 Å². The summed E-state index contributed by atoms with van der Waals surface area (Å²) in [6.45, 7) is 5.91. The van der Waals surface area contributed by atoms with E-state index in [1.54, 1.807) is 19.1 Å². The Labute approximate surface area is 133 Å². The summed E-state index contributed by atoms with van der Waals surface area (Å²) in [4.78, 5) is 8.70. The maximum absolute atomic E-state index is 9.23. The third-order valence-corrected chi connectivity index (χ3v) is 3.96. The highest BCUT2D eigenvalue weighted by Gasteiger charge is 2.20. The minimum atomic E-state index is 0.589. The van der Waals surface area contributed by atoms with Crippen LogP contribution in [0.4, 0.5) is 5.69 Å². The molecule has 1 aromatic heterocycles. The smallest absolute Gasteiger partial charge is 0.223 e. The lowest BCUT2D eigenvalue weighted by Crippen LogP contribution is -2.46. The number of anilines is 1. The van der Waals surface area contributed by atoms with E-state index in [1.807, 2.05) is 6.07 Å². The lowest BCUT2D eigenvalue weighted by Gasteiger charge is -2.35. The number of piperazine rings is 1. The predicted octanol–water partition coefficient (Wildman–Crippen LogP) is 2.23. The average molecular weight is 318 g/mol. The van der Waals surface area contributed by atoms with Crippen LogP contribution in [0.15, 0.2) is 22.7 Å². The molecule has 22 heavy (non-hydrogen) atoms. The lowest BCUT2D eigenvalue weighted by molar-refractivity contribution is 0.240. The molecule has 1 aliphatic heterocycles. The predicted molar refractivity (Wildman–Crippen MR) is 82.7 cm³/mol. The maximum Gasteiger partial charge on any atom is 0.223 e. The SMILES string of the molecule is Cc1nc(CN2CCN(c3cc(Cl)ccc3C#N)CC2)no1. The zero-order chi connectivity index (χ0) is 15.5. The Morgan fingerprint density at radius 1 is 1.32 bits per heavy atom. The number of halogens is 1. The van der Waals surface area contributed by atoms with E-state index in [1.165, 1.54) is 0 Å². The maximum atomic E-state index is 9.23. The molecule has 0 bridgehead atoms. The van der Waals surface area contributed by atoms with Gasteiger partial charge >= 0.3 is 0 Å². The Morgan fingerprint density at radius 2 is 2.09 bits per heavy atom. The van der Waals surface area contributed by atoms with E-state index in [0.29, 0.717) is 28.8 Å². The van der Waals surface area contributed by atoms with Gasteiger partial charge in [-0.05, 0) is 18.2 Å². The second kappa shape index (κ2) is 6.34. The van der Waals surface area contributed by atoms with Crippen LogP contribution in [0, 0.1) is 18.3 Å². The van der Waals surface area contributed by atoms with Gasteiger partial charge in [0.2, 0.25) is 5.89 Å². The molecule has 1 fully saturated rings. The fourth-order valence-corrected chi connectivity index (χ4v) is 2.78. The van der Waals surface area contributed by atoms with E-state index < -0.39 is 0 Å². The second-order valence-corrected chi connectivity index (χ2v) is 5.70. The Morgan fingerprint density at radius 3 is 2.73 bits per heavy atom. The molecule has 0 atom stereocenters. The van der Waals surface area contributed by atoms with Crippen LogP contribution in [0.1, 0.15) is 17.3 Å². The van der Waals surface area contributed by atoms with E-state index in [0.717, 1.165) is 31.9 Å². The minimum absolute atomic E-state index is 0.589. The molecule has 1 aliphatic rings. The Hall–Kier alpha value is -2.10. The topological polar surface area (TPSA) is 69.2 Å². The molecule has 114 valence electrons. The van der Waals surface area contributed by atoms with Crippen molar-refractivity contribution in [1.29, 1.82) is 5.26 Å². The van der Waals surface area contributed by atoms with Gasteiger partial charge in [-0.2, -0.15) is 10.2 Å². The summed E-state index contributed by atoms with van der Waals surface area (Å²) >= 11 is 6.06. The van der Waals surface area contributed by atoms with Crippen molar-refractivity contribution in [3.63, 3.8) is 0 Å². The standard InChI is InChI=1S/C15H16ClN5O/c1-11-18-15(19-22-11)10-20-4-6-21(7-5-20)14-8-13(16)3-2-12(14)9-17/h2-3,8H,4-7,10H2,1H3. The molecule has 0 spiro atoms. The van der Waals surface area contributed by atoms with Gasteiger partial charge in [-0.15, -0.1) is 0 Å². The van der Waals surface area contributed by atoms with E-state index in [9.17, 15) is 5.26 Å². The third kappa shape index (κ3) is 3.21. The molecule has 0 saturated carbocycles. The molecule has 0 radical (unpaired) electrons. The normalized spacial score (nSPS) is 15.8. The molecular weight excluding hydrogens is 302 g/mol. The minimum Gasteiger partial charge on any atom is -0.368 e. The summed E-state index contributed by atoms with van der Waals surface area (Å²) in [7, 11) is 0. The molecule has 7 heteroatoms. The quantitative estimate of drug-likeness (QED) is 0.864. The number of benzene rings is 1. The van der Waals surface area contributed by atoms with Gasteiger partial charge in [0.15, 0.2) is 5.82 Å². The van der Waals surface area contributed by atoms with Crippen molar-refractivity contribution in [3.8, 4) is 6.07 Å². The zero-order valence-corrected chi connectivity index (χ0v) is 13.0. The van der Waals surface area contributed by atoms with Crippen LogP contribution in [-0.4, -0.2) is 41.2 Å². The molecule has 2 aromatic rings. The summed E-state index contributed by atoms with van der Waals surface area (Å²) in [6.07, 6.45) is 0. The van der Waals surface area contributed by atoms with Crippen molar-refractivity contribution in [1.82, 2.24) is 15.0 Å². The van der Waals surface area contributed by atoms with E-state index in [4.69, 9.17) is 16.1 Å². The van der Waals surface area contributed by atoms with Crippen LogP contribution in [0.5, 0.6) is 0 Å². The monoisotopic (exact) mass is 317 g/mol. The first-order valence-electron chi connectivity index (χ1n) is 7.12. The molecule has 0 N–H and O–H groups in total. The number of nitrogens with zero attached hydrogens (tertiary/aromatic N) is 5. The first-order valence-corrected chi connectivity index (χ1v) is 7.49. The van der Waals surface area contributed by atoms with Crippen LogP contribution in [-0.2, 0) is 6.54 Å². The molecule has 1 aromatic carbocycles. The number of aryl methyl sites for hydroxylation is 1. The number of hydrogen-bond acceptors (Lipinski definition) is 6. The van der Waals surface area contributed by atoms with Crippen LogP contribution in [0.2, 0.25) is 5.02 Å². The number of aromatic nitrogens is 2. The number of rotatable bonds is 3. The molecular formula is C15H16ClN5O. The van der Waals surface area contributed by atoms with Crippen LogP contribution < -0.4 is 4.90 Å². The van der Waals surface area contributed by atoms with Gasteiger partial charge in [-0.1, -0.05) is 16.8 Å².